The van der Waals surface area contributed by atoms with Crippen molar-refractivity contribution in [3.8, 4) is 0 Å². The van der Waals surface area contributed by atoms with E-state index in [4.69, 9.17) is 11.6 Å². The highest BCUT2D eigenvalue weighted by atomic mass is 35.5. The van der Waals surface area contributed by atoms with Crippen molar-refractivity contribution in [3.63, 3.8) is 0 Å². The highest BCUT2D eigenvalue weighted by molar-refractivity contribution is 6.31. The summed E-state index contributed by atoms with van der Waals surface area (Å²) < 4.78 is 13.8. The number of hydrogen-bond acceptors (Lipinski definition) is 4. The zero-order chi connectivity index (χ0) is 16.3. The Hall–Kier alpha value is -2.05. The van der Waals surface area contributed by atoms with Crippen molar-refractivity contribution in [2.24, 2.45) is 0 Å². The van der Waals surface area contributed by atoms with E-state index in [0.717, 1.165) is 0 Å². The Kier molecular flexibility index (Phi) is 5.05. The van der Waals surface area contributed by atoms with Crippen LogP contribution in [-0.2, 0) is 0 Å². The van der Waals surface area contributed by atoms with Crippen LogP contribution in [0.5, 0.6) is 0 Å². The number of aromatic nitrogens is 2. The number of rotatable bonds is 4. The Morgan fingerprint density at radius 2 is 2.09 bits per heavy atom. The average Bonchev–Trinajstić information content (AvgIpc) is 2.47. The Morgan fingerprint density at radius 3 is 2.68 bits per heavy atom. The molecular weight excluding hydrogens is 309 g/mol. The maximum Gasteiger partial charge on any atom is 0.271 e. The van der Waals surface area contributed by atoms with Gasteiger partial charge in [0.2, 0.25) is 0 Å². The summed E-state index contributed by atoms with van der Waals surface area (Å²) in [7, 11) is 0. The molecule has 0 saturated heterocycles. The number of aryl methyl sites for hydroxylation is 1. The van der Waals surface area contributed by atoms with Crippen molar-refractivity contribution in [2.45, 2.75) is 26.0 Å². The van der Waals surface area contributed by atoms with Crippen LogP contribution in [-0.4, -0.2) is 27.0 Å². The van der Waals surface area contributed by atoms with Crippen molar-refractivity contribution in [1.29, 1.82) is 0 Å². The molecule has 2 rings (SSSR count). The molecule has 7 heteroatoms. The zero-order valence-corrected chi connectivity index (χ0v) is 12.8. The molecule has 1 aromatic carbocycles. The topological polar surface area (TPSA) is 75.1 Å². The lowest BCUT2D eigenvalue weighted by Gasteiger charge is -2.21. The predicted molar refractivity (Wildman–Crippen MR) is 80.1 cm³/mol. The van der Waals surface area contributed by atoms with Crippen LogP contribution in [0.25, 0.3) is 0 Å². The highest BCUT2D eigenvalue weighted by Crippen LogP contribution is 2.27. The molecule has 0 aliphatic heterocycles. The fraction of sp³-hybridized carbons (Fsp3) is 0.267. The van der Waals surface area contributed by atoms with Crippen molar-refractivity contribution in [2.75, 3.05) is 0 Å². The SMILES string of the molecule is Cc1cnc(C(=O)NC(C)C(O)c2c(F)cccc2Cl)cn1. The molecule has 0 bridgehead atoms. The summed E-state index contributed by atoms with van der Waals surface area (Å²) in [6.45, 7) is 3.30. The number of benzene rings is 1. The van der Waals surface area contributed by atoms with Crippen LogP contribution in [0.2, 0.25) is 5.02 Å². The highest BCUT2D eigenvalue weighted by Gasteiger charge is 2.24. The molecule has 0 saturated carbocycles. The van der Waals surface area contributed by atoms with Crippen molar-refractivity contribution >= 4 is 17.5 Å². The minimum Gasteiger partial charge on any atom is -0.386 e. The van der Waals surface area contributed by atoms with Crippen molar-refractivity contribution in [1.82, 2.24) is 15.3 Å². The van der Waals surface area contributed by atoms with Gasteiger partial charge in [-0.15, -0.1) is 0 Å². The van der Waals surface area contributed by atoms with E-state index < -0.39 is 23.9 Å². The van der Waals surface area contributed by atoms with E-state index in [2.05, 4.69) is 15.3 Å². The van der Waals surface area contributed by atoms with Gasteiger partial charge in [0.15, 0.2) is 0 Å². The number of amides is 1. The number of hydrogen-bond donors (Lipinski definition) is 2. The van der Waals surface area contributed by atoms with E-state index in [-0.39, 0.29) is 16.3 Å². The lowest BCUT2D eigenvalue weighted by atomic mass is 10.0. The number of halogens is 2. The van der Waals surface area contributed by atoms with Crippen LogP contribution < -0.4 is 5.32 Å². The van der Waals surface area contributed by atoms with Gasteiger partial charge >= 0.3 is 0 Å². The fourth-order valence-corrected chi connectivity index (χ4v) is 2.19. The summed E-state index contributed by atoms with van der Waals surface area (Å²) >= 11 is 5.90. The number of aliphatic hydroxyl groups is 1. The molecule has 22 heavy (non-hydrogen) atoms. The largest absolute Gasteiger partial charge is 0.386 e. The van der Waals surface area contributed by atoms with Gasteiger partial charge in [-0.25, -0.2) is 9.37 Å². The Morgan fingerprint density at radius 1 is 1.36 bits per heavy atom. The van der Waals surface area contributed by atoms with E-state index in [1.165, 1.54) is 30.6 Å². The Balaban J connectivity index is 2.13. The number of nitrogens with zero attached hydrogens (tertiary/aromatic N) is 2. The van der Waals surface area contributed by atoms with Gasteiger partial charge in [-0.2, -0.15) is 0 Å². The lowest BCUT2D eigenvalue weighted by Crippen LogP contribution is -2.37. The normalized spacial score (nSPS) is 13.5. The fourth-order valence-electron chi connectivity index (χ4n) is 1.91. The molecule has 2 unspecified atom stereocenters. The third-order valence-corrected chi connectivity index (χ3v) is 3.47. The molecule has 2 atom stereocenters. The standard InChI is InChI=1S/C15H15ClFN3O2/c1-8-6-19-12(7-18-8)15(22)20-9(2)14(21)13-10(16)4-3-5-11(13)17/h3-7,9,14,21H,1-2H3,(H,20,22). The van der Waals surface area contributed by atoms with Gasteiger partial charge in [0.05, 0.1) is 17.9 Å². The van der Waals surface area contributed by atoms with E-state index in [0.29, 0.717) is 5.69 Å². The quantitative estimate of drug-likeness (QED) is 0.906. The van der Waals surface area contributed by atoms with E-state index >= 15 is 0 Å². The average molecular weight is 324 g/mol. The van der Waals surface area contributed by atoms with Crippen molar-refractivity contribution < 1.29 is 14.3 Å². The number of carbonyl (C=O) groups is 1. The molecule has 1 amide bonds. The van der Waals surface area contributed by atoms with Gasteiger partial charge in [0.25, 0.3) is 5.91 Å². The van der Waals surface area contributed by atoms with Crippen molar-refractivity contribution in [3.05, 3.63) is 58.4 Å². The summed E-state index contributed by atoms with van der Waals surface area (Å²) in [5.41, 5.74) is 0.749. The van der Waals surface area contributed by atoms with Crippen LogP contribution in [0.4, 0.5) is 4.39 Å². The molecule has 0 radical (unpaired) electrons. The van der Waals surface area contributed by atoms with Crippen LogP contribution in [0.1, 0.15) is 34.8 Å². The van der Waals surface area contributed by atoms with Gasteiger partial charge in [-0.3, -0.25) is 9.78 Å². The number of carbonyl (C=O) groups excluding carboxylic acids is 1. The molecule has 1 heterocycles. The minimum atomic E-state index is -1.28. The number of nitrogens with one attached hydrogen (secondary N) is 1. The second-order valence-corrected chi connectivity index (χ2v) is 5.29. The van der Waals surface area contributed by atoms with Gasteiger partial charge in [0.1, 0.15) is 17.6 Å². The molecule has 116 valence electrons. The van der Waals surface area contributed by atoms with E-state index in [1.54, 1.807) is 13.8 Å². The first-order valence-corrected chi connectivity index (χ1v) is 6.99. The molecule has 2 aromatic rings. The van der Waals surface area contributed by atoms with E-state index in [1.807, 2.05) is 0 Å². The second kappa shape index (κ2) is 6.81. The predicted octanol–water partition coefficient (Wildman–Crippen LogP) is 2.43. The molecule has 5 nitrogen and oxygen atoms in total. The van der Waals surface area contributed by atoms with Crippen LogP contribution >= 0.6 is 11.6 Å². The summed E-state index contributed by atoms with van der Waals surface area (Å²) in [6, 6.07) is 3.36. The Bertz CT molecular complexity index is 659. The summed E-state index contributed by atoms with van der Waals surface area (Å²) in [6.07, 6.45) is 1.51. The first-order chi connectivity index (χ1) is 10.4. The monoisotopic (exact) mass is 323 g/mol. The lowest BCUT2D eigenvalue weighted by molar-refractivity contribution is 0.0841. The first kappa shape index (κ1) is 16.3. The maximum absolute atomic E-state index is 13.8. The molecule has 0 aliphatic carbocycles. The molecule has 0 fully saturated rings. The molecular formula is C15H15ClFN3O2. The summed E-state index contributed by atoms with van der Waals surface area (Å²) in [4.78, 5) is 19.9. The second-order valence-electron chi connectivity index (χ2n) is 4.89. The third kappa shape index (κ3) is 3.58. The van der Waals surface area contributed by atoms with Gasteiger partial charge in [-0.1, -0.05) is 17.7 Å². The third-order valence-electron chi connectivity index (χ3n) is 3.14. The molecule has 0 spiro atoms. The summed E-state index contributed by atoms with van der Waals surface area (Å²) in [5, 5.41) is 12.9. The van der Waals surface area contributed by atoms with Crippen LogP contribution in [0.3, 0.4) is 0 Å². The van der Waals surface area contributed by atoms with Gasteiger partial charge in [0, 0.05) is 16.8 Å². The van der Waals surface area contributed by atoms with Gasteiger partial charge in [-0.05, 0) is 26.0 Å². The summed E-state index contributed by atoms with van der Waals surface area (Å²) in [5.74, 6) is -1.14. The van der Waals surface area contributed by atoms with E-state index in [9.17, 15) is 14.3 Å². The van der Waals surface area contributed by atoms with Crippen LogP contribution in [0.15, 0.2) is 30.6 Å². The first-order valence-electron chi connectivity index (χ1n) is 6.61. The molecule has 2 N–H and O–H groups in total. The maximum atomic E-state index is 13.8. The zero-order valence-electron chi connectivity index (χ0n) is 12.0. The molecule has 1 aromatic heterocycles. The molecule has 0 aliphatic rings. The van der Waals surface area contributed by atoms with Gasteiger partial charge < -0.3 is 10.4 Å². The smallest absolute Gasteiger partial charge is 0.271 e. The number of aliphatic hydroxyl groups excluding tert-OH is 1. The minimum absolute atomic E-state index is 0.0491. The Labute approximate surface area is 132 Å². The van der Waals surface area contributed by atoms with Crippen LogP contribution in [0, 0.1) is 12.7 Å².